The topological polar surface area (TPSA) is 59.1 Å². The molecule has 1 aliphatic heterocycles. The van der Waals surface area contributed by atoms with Crippen LogP contribution >= 0.6 is 0 Å². The predicted octanol–water partition coefficient (Wildman–Crippen LogP) is 5.38. The summed E-state index contributed by atoms with van der Waals surface area (Å²) in [7, 11) is 0. The molecule has 1 aliphatic carbocycles. The summed E-state index contributed by atoms with van der Waals surface area (Å²) in [5, 5.41) is 5.15. The summed E-state index contributed by atoms with van der Waals surface area (Å²) in [6, 6.07) is 14.4. The van der Waals surface area contributed by atoms with Crippen LogP contribution in [-0.2, 0) is 9.47 Å². The summed E-state index contributed by atoms with van der Waals surface area (Å²) in [5.74, 6) is 0. The van der Waals surface area contributed by atoms with Crippen molar-refractivity contribution in [1.82, 2.24) is 10.0 Å². The number of nitrogens with zero attached hydrogens (tertiary/aromatic N) is 2. The van der Waals surface area contributed by atoms with E-state index < -0.39 is 17.7 Å². The van der Waals surface area contributed by atoms with Crippen molar-refractivity contribution < 1.29 is 19.1 Å². The molecule has 0 unspecified atom stereocenters. The number of hydrazine groups is 1. The number of benzene rings is 2. The minimum Gasteiger partial charge on any atom is -0.445 e. The maximum absolute atomic E-state index is 13.1. The second kappa shape index (κ2) is 7.67. The lowest BCUT2D eigenvalue weighted by molar-refractivity contribution is -0.0507. The van der Waals surface area contributed by atoms with Gasteiger partial charge in [0.05, 0.1) is 24.3 Å². The molecule has 2 aromatic rings. The molecule has 0 bridgehead atoms. The molecule has 0 atom stereocenters. The van der Waals surface area contributed by atoms with Gasteiger partial charge >= 0.3 is 12.2 Å². The van der Waals surface area contributed by atoms with Gasteiger partial charge in [0.15, 0.2) is 0 Å². The Labute approximate surface area is 177 Å². The Balaban J connectivity index is 1.80. The highest BCUT2D eigenvalue weighted by Gasteiger charge is 2.59. The van der Waals surface area contributed by atoms with E-state index in [0.29, 0.717) is 0 Å². The van der Waals surface area contributed by atoms with Crippen LogP contribution in [0.2, 0.25) is 0 Å². The fraction of sp³-hybridized carbons (Fsp3) is 0.417. The first-order valence-corrected chi connectivity index (χ1v) is 10.5. The number of amides is 2. The molecule has 2 aromatic carbocycles. The van der Waals surface area contributed by atoms with E-state index in [0.717, 1.165) is 34.8 Å². The number of hydrogen-bond acceptors (Lipinski definition) is 4. The molecule has 0 saturated heterocycles. The maximum atomic E-state index is 13.1. The van der Waals surface area contributed by atoms with Gasteiger partial charge in [-0.1, -0.05) is 48.5 Å². The normalized spacial score (nSPS) is 17.5. The van der Waals surface area contributed by atoms with Crippen LogP contribution in [0.25, 0.3) is 16.3 Å². The van der Waals surface area contributed by atoms with E-state index >= 15 is 0 Å². The third-order valence-corrected chi connectivity index (χ3v) is 5.48. The highest BCUT2D eigenvalue weighted by molar-refractivity contribution is 5.98. The van der Waals surface area contributed by atoms with Crippen LogP contribution in [0, 0.1) is 0 Å². The van der Waals surface area contributed by atoms with Gasteiger partial charge in [0.2, 0.25) is 0 Å². The third-order valence-electron chi connectivity index (χ3n) is 5.48. The summed E-state index contributed by atoms with van der Waals surface area (Å²) in [4.78, 5) is 25.9. The van der Waals surface area contributed by atoms with Crippen LogP contribution in [0.15, 0.2) is 48.5 Å². The lowest BCUT2D eigenvalue weighted by Gasteiger charge is -2.43. The van der Waals surface area contributed by atoms with Crippen molar-refractivity contribution >= 4 is 28.5 Å². The van der Waals surface area contributed by atoms with E-state index in [1.807, 2.05) is 18.2 Å². The molecule has 6 heteroatoms. The molecule has 4 rings (SSSR count). The second-order valence-electron chi connectivity index (χ2n) is 8.44. The number of rotatable bonds is 3. The molecule has 2 amide bonds. The molecule has 1 fully saturated rings. The second-order valence-corrected chi connectivity index (χ2v) is 8.44. The number of hydrogen-bond donors (Lipinski definition) is 0. The SMILES string of the molecule is CC(C)OC(=O)N1CC=C(c2cccc3ccccc23)C2(CC2)N1C(=O)OC(C)C. The van der Waals surface area contributed by atoms with Crippen molar-refractivity contribution in [2.24, 2.45) is 0 Å². The quantitative estimate of drug-likeness (QED) is 0.684. The van der Waals surface area contributed by atoms with Crippen LogP contribution < -0.4 is 0 Å². The van der Waals surface area contributed by atoms with Crippen LogP contribution in [0.3, 0.4) is 0 Å². The fourth-order valence-corrected chi connectivity index (χ4v) is 4.16. The average molecular weight is 408 g/mol. The summed E-state index contributed by atoms with van der Waals surface area (Å²) in [6.07, 6.45) is 1.96. The highest BCUT2D eigenvalue weighted by atomic mass is 16.6. The van der Waals surface area contributed by atoms with Gasteiger partial charge in [-0.15, -0.1) is 0 Å². The Bertz CT molecular complexity index is 1000. The summed E-state index contributed by atoms with van der Waals surface area (Å²) < 4.78 is 10.9. The van der Waals surface area contributed by atoms with Gasteiger partial charge in [0, 0.05) is 0 Å². The largest absolute Gasteiger partial charge is 0.445 e. The first kappa shape index (κ1) is 20.3. The maximum Gasteiger partial charge on any atom is 0.430 e. The first-order valence-electron chi connectivity index (χ1n) is 10.5. The van der Waals surface area contributed by atoms with E-state index in [-0.39, 0.29) is 18.8 Å². The van der Waals surface area contributed by atoms with E-state index in [1.165, 1.54) is 10.0 Å². The molecule has 30 heavy (non-hydrogen) atoms. The Morgan fingerprint density at radius 1 is 0.900 bits per heavy atom. The van der Waals surface area contributed by atoms with Crippen molar-refractivity contribution in [3.63, 3.8) is 0 Å². The minimum absolute atomic E-state index is 0.249. The van der Waals surface area contributed by atoms with Crippen LogP contribution in [0.4, 0.5) is 9.59 Å². The third kappa shape index (κ3) is 3.51. The highest BCUT2D eigenvalue weighted by Crippen LogP contribution is 2.55. The Hall–Kier alpha value is -3.02. The molecule has 1 spiro atoms. The minimum atomic E-state index is -0.593. The smallest absolute Gasteiger partial charge is 0.430 e. The van der Waals surface area contributed by atoms with E-state index in [4.69, 9.17) is 9.47 Å². The van der Waals surface area contributed by atoms with E-state index in [9.17, 15) is 9.59 Å². The zero-order valence-electron chi connectivity index (χ0n) is 17.9. The van der Waals surface area contributed by atoms with Crippen molar-refractivity contribution in [2.45, 2.75) is 58.3 Å². The molecule has 0 radical (unpaired) electrons. The fourth-order valence-electron chi connectivity index (χ4n) is 4.16. The molecule has 0 aromatic heterocycles. The van der Waals surface area contributed by atoms with E-state index in [2.05, 4.69) is 30.3 Å². The molecular formula is C24H28N2O4. The zero-order chi connectivity index (χ0) is 21.5. The Morgan fingerprint density at radius 3 is 2.20 bits per heavy atom. The van der Waals surface area contributed by atoms with Crippen molar-refractivity contribution in [1.29, 1.82) is 0 Å². The van der Waals surface area contributed by atoms with Crippen molar-refractivity contribution in [3.05, 3.63) is 54.1 Å². The van der Waals surface area contributed by atoms with Gasteiger partial charge in [0.25, 0.3) is 0 Å². The Kier molecular flexibility index (Phi) is 5.18. The molecule has 0 N–H and O–H groups in total. The Morgan fingerprint density at radius 2 is 1.53 bits per heavy atom. The molecule has 158 valence electrons. The van der Waals surface area contributed by atoms with Gasteiger partial charge in [-0.25, -0.2) is 19.6 Å². The van der Waals surface area contributed by atoms with Gasteiger partial charge in [-0.2, -0.15) is 0 Å². The van der Waals surface area contributed by atoms with Crippen LogP contribution in [-0.4, -0.2) is 46.5 Å². The number of carbonyl (C=O) groups is 2. The lowest BCUT2D eigenvalue weighted by atomic mass is 9.90. The zero-order valence-corrected chi connectivity index (χ0v) is 17.9. The average Bonchev–Trinajstić information content (AvgIpc) is 3.46. The van der Waals surface area contributed by atoms with Gasteiger partial charge in [-0.05, 0) is 62.4 Å². The summed E-state index contributed by atoms with van der Waals surface area (Å²) >= 11 is 0. The van der Waals surface area contributed by atoms with Crippen molar-refractivity contribution in [3.8, 4) is 0 Å². The number of ether oxygens (including phenoxy) is 2. The van der Waals surface area contributed by atoms with Gasteiger partial charge in [-0.3, -0.25) is 0 Å². The predicted molar refractivity (Wildman–Crippen MR) is 116 cm³/mol. The van der Waals surface area contributed by atoms with Gasteiger partial charge in [0.1, 0.15) is 0 Å². The molecular weight excluding hydrogens is 380 g/mol. The molecule has 1 saturated carbocycles. The standard InChI is InChI=1S/C24H28N2O4/c1-16(2)29-22(27)25-15-12-21(20-11-7-9-18-8-5-6-10-19(18)20)24(13-14-24)26(25)23(28)30-17(3)4/h5-12,16-17H,13-15H2,1-4H3. The first-order chi connectivity index (χ1) is 14.3. The number of carbonyl (C=O) groups excluding carboxylic acids is 2. The summed E-state index contributed by atoms with van der Waals surface area (Å²) in [6.45, 7) is 7.45. The molecule has 1 heterocycles. The van der Waals surface area contributed by atoms with Crippen LogP contribution in [0.5, 0.6) is 0 Å². The lowest BCUT2D eigenvalue weighted by Crippen LogP contribution is -2.59. The van der Waals surface area contributed by atoms with Gasteiger partial charge < -0.3 is 9.47 Å². The van der Waals surface area contributed by atoms with E-state index in [1.54, 1.807) is 27.7 Å². The van der Waals surface area contributed by atoms with Crippen LogP contribution in [0.1, 0.15) is 46.1 Å². The monoisotopic (exact) mass is 408 g/mol. The summed E-state index contributed by atoms with van der Waals surface area (Å²) in [5.41, 5.74) is 1.56. The molecule has 6 nitrogen and oxygen atoms in total. The van der Waals surface area contributed by atoms with Crippen molar-refractivity contribution in [2.75, 3.05) is 6.54 Å². The number of fused-ring (bicyclic) bond motifs is 1. The molecule has 2 aliphatic rings.